The number of piperidine rings is 2. The zero-order valence-corrected chi connectivity index (χ0v) is 31.2. The van der Waals surface area contributed by atoms with E-state index < -0.39 is 17.8 Å². The van der Waals surface area contributed by atoms with Gasteiger partial charge in [-0.3, -0.25) is 9.80 Å². The number of likely N-dealkylation sites (tertiary alicyclic amines) is 2. The monoisotopic (exact) mass is 757 g/mol. The molecule has 7 nitrogen and oxygen atoms in total. The molecule has 0 bridgehead atoms. The molecule has 2 fully saturated rings. The van der Waals surface area contributed by atoms with Gasteiger partial charge in [0.25, 0.3) is 0 Å². The SMILES string of the molecule is Cc1cccc(Cl)c1O[C@@H]1c2ccccc2C[C@H]1N1CCC[C@H](N)C1.N#Cc1ccc(O[C@@H]2c3ccccc3C[C@H]2N2CCC[C@H](N)C2)c(C(F)(F)F)c1. The first kappa shape index (κ1) is 38.2. The van der Waals surface area contributed by atoms with Crippen molar-refractivity contribution in [3.05, 3.63) is 129 Å². The molecule has 4 aromatic carbocycles. The van der Waals surface area contributed by atoms with E-state index in [-0.39, 0.29) is 35.5 Å². The normalized spacial score (nSPS) is 25.5. The van der Waals surface area contributed by atoms with Crippen molar-refractivity contribution in [3.63, 3.8) is 0 Å². The quantitative estimate of drug-likeness (QED) is 0.205. The molecular weight excluding hydrogens is 711 g/mol. The molecule has 0 aromatic heterocycles. The van der Waals surface area contributed by atoms with Crippen LogP contribution in [0.15, 0.2) is 84.9 Å². The average molecular weight is 758 g/mol. The van der Waals surface area contributed by atoms with Crippen LogP contribution >= 0.6 is 11.6 Å². The Morgan fingerprint density at radius 2 is 1.31 bits per heavy atom. The predicted molar refractivity (Wildman–Crippen MR) is 205 cm³/mol. The molecule has 0 spiro atoms. The number of hydrogen-bond acceptors (Lipinski definition) is 7. The van der Waals surface area contributed by atoms with Crippen LogP contribution in [0.3, 0.4) is 0 Å². The number of nitriles is 1. The summed E-state index contributed by atoms with van der Waals surface area (Å²) in [6.07, 6.45) is 0.787. The number of alkyl halides is 3. The Bertz CT molecular complexity index is 1970. The molecule has 2 aliphatic heterocycles. The molecular formula is C43H47ClF3N5O2. The summed E-state index contributed by atoms with van der Waals surface area (Å²) in [6.45, 7) is 5.64. The Morgan fingerprint density at radius 3 is 1.83 bits per heavy atom. The highest BCUT2D eigenvalue weighted by Gasteiger charge is 2.42. The van der Waals surface area contributed by atoms with Crippen LogP contribution < -0.4 is 20.9 Å². The summed E-state index contributed by atoms with van der Waals surface area (Å²) in [5.74, 6) is 0.557. The number of halogens is 4. The lowest BCUT2D eigenvalue weighted by Crippen LogP contribution is -2.49. The van der Waals surface area contributed by atoms with Crippen molar-refractivity contribution >= 4 is 11.6 Å². The number of para-hydroxylation sites is 1. The highest BCUT2D eigenvalue weighted by atomic mass is 35.5. The number of fused-ring (bicyclic) bond motifs is 2. The summed E-state index contributed by atoms with van der Waals surface area (Å²) in [6, 6.07) is 28.1. The van der Waals surface area contributed by atoms with Crippen LogP contribution in [-0.4, -0.2) is 60.1 Å². The number of ether oxygens (including phenoxy) is 2. The number of nitrogens with two attached hydrogens (primary N) is 2. The van der Waals surface area contributed by atoms with E-state index in [0.29, 0.717) is 24.0 Å². The van der Waals surface area contributed by atoms with E-state index in [1.165, 1.54) is 23.3 Å². The molecule has 284 valence electrons. The molecule has 54 heavy (non-hydrogen) atoms. The van der Waals surface area contributed by atoms with Crippen molar-refractivity contribution in [2.75, 3.05) is 26.2 Å². The van der Waals surface area contributed by atoms with Gasteiger partial charge in [0.2, 0.25) is 0 Å². The molecule has 2 aliphatic carbocycles. The van der Waals surface area contributed by atoms with Gasteiger partial charge in [-0.25, -0.2) is 0 Å². The Hall–Kier alpha value is -4.11. The zero-order chi connectivity index (χ0) is 38.0. The standard InChI is InChI=1S/C22H22F3N3O.C21H25ClN2O/c23-22(24,25)18-10-14(12-26)7-8-20(18)29-21-17-6-2-1-4-15(17)11-19(21)28-9-3-5-16(27)13-28;1-14-6-4-10-18(22)20(14)25-21-17-9-3-2-7-15(17)12-19(21)24-11-5-8-16(23)13-24/h1-2,4,6-8,10,16,19,21H,3,5,9,11,13,27H2;2-4,6-7,9-10,16,19,21H,5,8,11-13,23H2,1H3/t2*16-,19+,21+/m00/s1. The van der Waals surface area contributed by atoms with Gasteiger partial charge in [0.15, 0.2) is 0 Å². The maximum absolute atomic E-state index is 13.6. The summed E-state index contributed by atoms with van der Waals surface area (Å²) in [5, 5.41) is 9.67. The second-order valence-corrected chi connectivity index (χ2v) is 15.4. The fourth-order valence-corrected chi connectivity index (χ4v) is 8.90. The van der Waals surface area contributed by atoms with Gasteiger partial charge >= 0.3 is 6.18 Å². The number of nitrogens with zero attached hydrogens (tertiary/aromatic N) is 3. The third-order valence-electron chi connectivity index (χ3n) is 11.3. The third-order valence-corrected chi connectivity index (χ3v) is 11.6. The van der Waals surface area contributed by atoms with Gasteiger partial charge in [0.05, 0.1) is 34.3 Å². The number of aryl methyl sites for hydroxylation is 1. The van der Waals surface area contributed by atoms with Crippen LogP contribution in [0.1, 0.15) is 76.8 Å². The molecule has 0 unspecified atom stereocenters. The van der Waals surface area contributed by atoms with E-state index >= 15 is 0 Å². The lowest BCUT2D eigenvalue weighted by molar-refractivity contribution is -0.139. The molecule has 6 atom stereocenters. The van der Waals surface area contributed by atoms with E-state index in [1.54, 1.807) is 6.07 Å². The van der Waals surface area contributed by atoms with Gasteiger partial charge in [-0.15, -0.1) is 0 Å². The molecule has 4 aromatic rings. The summed E-state index contributed by atoms with van der Waals surface area (Å²) < 4.78 is 53.5. The zero-order valence-electron chi connectivity index (χ0n) is 30.4. The average Bonchev–Trinajstić information content (AvgIpc) is 3.71. The summed E-state index contributed by atoms with van der Waals surface area (Å²) >= 11 is 6.43. The minimum atomic E-state index is -4.61. The van der Waals surface area contributed by atoms with Crippen LogP contribution in [-0.2, 0) is 19.0 Å². The second-order valence-electron chi connectivity index (χ2n) is 15.0. The predicted octanol–water partition coefficient (Wildman–Crippen LogP) is 8.16. The van der Waals surface area contributed by atoms with Crippen LogP contribution in [0.5, 0.6) is 11.5 Å². The molecule has 2 heterocycles. The van der Waals surface area contributed by atoms with Crippen LogP contribution in [0.2, 0.25) is 5.02 Å². The maximum atomic E-state index is 13.6. The van der Waals surface area contributed by atoms with Gasteiger partial charge in [-0.2, -0.15) is 18.4 Å². The molecule has 0 saturated carbocycles. The second kappa shape index (κ2) is 16.3. The summed E-state index contributed by atoms with van der Waals surface area (Å²) in [4.78, 5) is 4.76. The lowest BCUT2D eigenvalue weighted by Gasteiger charge is -2.38. The molecule has 8 rings (SSSR count). The van der Waals surface area contributed by atoms with E-state index in [9.17, 15) is 13.2 Å². The van der Waals surface area contributed by atoms with Gasteiger partial charge in [-0.1, -0.05) is 72.3 Å². The van der Waals surface area contributed by atoms with E-state index in [1.807, 2.05) is 49.4 Å². The molecule has 4 aliphatic rings. The van der Waals surface area contributed by atoms with Crippen LogP contribution in [0.4, 0.5) is 13.2 Å². The van der Waals surface area contributed by atoms with E-state index in [0.717, 1.165) is 80.2 Å². The Balaban J connectivity index is 0.000000168. The van der Waals surface area contributed by atoms with Crippen molar-refractivity contribution in [2.45, 2.75) is 88.0 Å². The minimum absolute atomic E-state index is 0.0000926. The highest BCUT2D eigenvalue weighted by molar-refractivity contribution is 6.32. The van der Waals surface area contributed by atoms with Crippen LogP contribution in [0, 0.1) is 18.3 Å². The smallest absolute Gasteiger partial charge is 0.420 e. The van der Waals surface area contributed by atoms with Gasteiger partial charge in [0, 0.05) is 25.2 Å². The highest BCUT2D eigenvalue weighted by Crippen LogP contribution is 2.44. The van der Waals surface area contributed by atoms with Gasteiger partial charge < -0.3 is 20.9 Å². The Kier molecular flexibility index (Phi) is 11.5. The Labute approximate surface area is 320 Å². The fourth-order valence-electron chi connectivity index (χ4n) is 8.64. The fraction of sp³-hybridized carbons (Fsp3) is 0.419. The molecule has 11 heteroatoms. The largest absolute Gasteiger partial charge is 0.483 e. The van der Waals surface area contributed by atoms with Crippen molar-refractivity contribution in [1.82, 2.24) is 9.80 Å². The van der Waals surface area contributed by atoms with Crippen molar-refractivity contribution < 1.29 is 22.6 Å². The number of rotatable bonds is 6. The van der Waals surface area contributed by atoms with Crippen molar-refractivity contribution in [2.24, 2.45) is 11.5 Å². The molecule has 4 N–H and O–H groups in total. The first-order chi connectivity index (χ1) is 26.0. The Morgan fingerprint density at radius 1 is 0.759 bits per heavy atom. The van der Waals surface area contributed by atoms with Crippen molar-refractivity contribution in [3.8, 4) is 17.6 Å². The topological polar surface area (TPSA) is 101 Å². The minimum Gasteiger partial charge on any atom is -0.483 e. The first-order valence-electron chi connectivity index (χ1n) is 18.8. The summed E-state index contributed by atoms with van der Waals surface area (Å²) in [7, 11) is 0. The van der Waals surface area contributed by atoms with Gasteiger partial charge in [-0.05, 0) is 111 Å². The number of benzene rings is 4. The lowest BCUT2D eigenvalue weighted by atomic mass is 10.0. The van der Waals surface area contributed by atoms with Crippen molar-refractivity contribution in [1.29, 1.82) is 5.26 Å². The maximum Gasteiger partial charge on any atom is 0.420 e. The molecule has 2 saturated heterocycles. The molecule has 0 radical (unpaired) electrons. The van der Waals surface area contributed by atoms with E-state index in [4.69, 9.17) is 37.8 Å². The first-order valence-corrected chi connectivity index (χ1v) is 19.2. The summed E-state index contributed by atoms with van der Waals surface area (Å²) in [5.41, 5.74) is 17.2. The van der Waals surface area contributed by atoms with E-state index in [2.05, 4.69) is 34.1 Å². The van der Waals surface area contributed by atoms with Gasteiger partial charge in [0.1, 0.15) is 23.7 Å². The molecule has 0 amide bonds. The van der Waals surface area contributed by atoms with Crippen LogP contribution in [0.25, 0.3) is 0 Å². The number of hydrogen-bond donors (Lipinski definition) is 2. The third kappa shape index (κ3) is 8.26.